The monoisotopic (exact) mass is 511 g/mol. The molecule has 9 heteroatoms. The third-order valence-electron chi connectivity index (χ3n) is 7.41. The van der Waals surface area contributed by atoms with Crippen LogP contribution in [0.15, 0.2) is 59.5 Å². The van der Waals surface area contributed by atoms with Crippen LogP contribution in [0.1, 0.15) is 56.0 Å². The van der Waals surface area contributed by atoms with Gasteiger partial charge in [0.05, 0.1) is 11.7 Å². The standard InChI is InChI=1S/C29H33N7O2/c1-29(2,38)24-10-7-11-25(32-24)36-26-23(27(37)35(36)22-8-5-4-6-9-22)17-30-28(33-26)31-21-13-12-19-14-15-34(3)18-20(19)16-21/h5,7-8,10-13,16-17,22,38H,4,6,9,14-15,18H2,1-3H3,(H,30,31,33). The molecule has 4 aromatic rings. The lowest BCUT2D eigenvalue weighted by Gasteiger charge is -2.25. The van der Waals surface area contributed by atoms with Crippen LogP contribution in [0.5, 0.6) is 0 Å². The number of hydrogen-bond acceptors (Lipinski definition) is 7. The van der Waals surface area contributed by atoms with Gasteiger partial charge in [0.2, 0.25) is 5.95 Å². The number of nitrogens with zero attached hydrogens (tertiary/aromatic N) is 6. The van der Waals surface area contributed by atoms with E-state index in [4.69, 9.17) is 9.97 Å². The highest BCUT2D eigenvalue weighted by Gasteiger charge is 2.25. The van der Waals surface area contributed by atoms with Crippen molar-refractivity contribution < 1.29 is 5.11 Å². The van der Waals surface area contributed by atoms with Crippen molar-refractivity contribution in [1.29, 1.82) is 0 Å². The van der Waals surface area contributed by atoms with Gasteiger partial charge in [0.15, 0.2) is 11.5 Å². The van der Waals surface area contributed by atoms with Gasteiger partial charge >= 0.3 is 0 Å². The van der Waals surface area contributed by atoms with E-state index in [0.29, 0.717) is 28.5 Å². The number of fused-ring (bicyclic) bond motifs is 2. The Kier molecular flexibility index (Phi) is 6.12. The first-order valence-electron chi connectivity index (χ1n) is 13.2. The fourth-order valence-electron chi connectivity index (χ4n) is 5.36. The SMILES string of the molecule is CN1CCc2ccc(Nc3ncc4c(=O)n(C5C=CCCC5)n(-c5cccc(C(C)(C)O)n5)c4n3)cc2C1. The largest absolute Gasteiger partial charge is 0.384 e. The van der Waals surface area contributed by atoms with Crippen molar-refractivity contribution in [2.24, 2.45) is 0 Å². The first-order chi connectivity index (χ1) is 18.3. The molecule has 0 radical (unpaired) electrons. The molecule has 1 aromatic carbocycles. The van der Waals surface area contributed by atoms with Crippen molar-refractivity contribution in [2.45, 2.75) is 57.7 Å². The smallest absolute Gasteiger partial charge is 0.278 e. The lowest BCUT2D eigenvalue weighted by Crippen LogP contribution is -2.28. The maximum atomic E-state index is 13.7. The summed E-state index contributed by atoms with van der Waals surface area (Å²) in [5.41, 5.74) is 3.28. The van der Waals surface area contributed by atoms with E-state index in [1.807, 2.05) is 12.1 Å². The summed E-state index contributed by atoms with van der Waals surface area (Å²) in [6, 6.07) is 11.7. The van der Waals surface area contributed by atoms with Gasteiger partial charge in [0, 0.05) is 25.0 Å². The summed E-state index contributed by atoms with van der Waals surface area (Å²) < 4.78 is 3.51. The van der Waals surface area contributed by atoms with Crippen molar-refractivity contribution in [3.8, 4) is 5.82 Å². The molecule has 0 saturated carbocycles. The summed E-state index contributed by atoms with van der Waals surface area (Å²) in [5.74, 6) is 0.933. The van der Waals surface area contributed by atoms with Gasteiger partial charge in [-0.1, -0.05) is 24.3 Å². The Morgan fingerprint density at radius 1 is 1.13 bits per heavy atom. The Morgan fingerprint density at radius 3 is 2.79 bits per heavy atom. The summed E-state index contributed by atoms with van der Waals surface area (Å²) in [5, 5.41) is 14.4. The lowest BCUT2D eigenvalue weighted by molar-refractivity contribution is 0.0738. The Morgan fingerprint density at radius 2 is 2.00 bits per heavy atom. The number of allylic oxidation sites excluding steroid dienone is 2. The van der Waals surface area contributed by atoms with Crippen molar-refractivity contribution in [3.05, 3.63) is 81.9 Å². The number of benzene rings is 1. The van der Waals surface area contributed by atoms with Crippen LogP contribution in [-0.2, 0) is 18.6 Å². The average Bonchev–Trinajstić information content (AvgIpc) is 3.20. The highest BCUT2D eigenvalue weighted by atomic mass is 16.3. The van der Waals surface area contributed by atoms with E-state index in [9.17, 15) is 9.90 Å². The van der Waals surface area contributed by atoms with E-state index < -0.39 is 5.60 Å². The van der Waals surface area contributed by atoms with Crippen LogP contribution >= 0.6 is 0 Å². The number of likely N-dealkylation sites (N-methyl/N-ethyl adjacent to an activating group) is 1. The third kappa shape index (κ3) is 4.52. The molecular weight excluding hydrogens is 478 g/mol. The fourth-order valence-corrected chi connectivity index (χ4v) is 5.36. The quantitative estimate of drug-likeness (QED) is 0.387. The van der Waals surface area contributed by atoms with Crippen molar-refractivity contribution in [2.75, 3.05) is 18.9 Å². The highest BCUT2D eigenvalue weighted by Crippen LogP contribution is 2.28. The Labute approximate surface area is 221 Å². The molecule has 3 aromatic heterocycles. The van der Waals surface area contributed by atoms with E-state index in [2.05, 4.69) is 52.6 Å². The summed E-state index contributed by atoms with van der Waals surface area (Å²) in [7, 11) is 2.13. The molecule has 0 fully saturated rings. The van der Waals surface area contributed by atoms with Gasteiger partial charge in [0.25, 0.3) is 5.56 Å². The van der Waals surface area contributed by atoms with Crippen molar-refractivity contribution >= 4 is 22.7 Å². The summed E-state index contributed by atoms with van der Waals surface area (Å²) in [6.45, 7) is 5.37. The second kappa shape index (κ2) is 9.49. The number of nitrogens with one attached hydrogen (secondary N) is 1. The molecule has 9 nitrogen and oxygen atoms in total. The molecule has 0 bridgehead atoms. The molecule has 0 amide bonds. The Bertz CT molecular complexity index is 1600. The zero-order valence-corrected chi connectivity index (χ0v) is 22.1. The maximum Gasteiger partial charge on any atom is 0.278 e. The number of aliphatic hydroxyl groups is 1. The molecule has 2 N–H and O–H groups in total. The maximum absolute atomic E-state index is 13.7. The predicted octanol–water partition coefficient (Wildman–Crippen LogP) is 4.22. The normalized spacial score (nSPS) is 18.1. The van der Waals surface area contributed by atoms with Crippen LogP contribution in [0.3, 0.4) is 0 Å². The molecule has 1 atom stereocenters. The third-order valence-corrected chi connectivity index (χ3v) is 7.41. The predicted molar refractivity (Wildman–Crippen MR) is 148 cm³/mol. The Hall–Kier alpha value is -3.82. The lowest BCUT2D eigenvalue weighted by atomic mass is 9.99. The number of hydrogen-bond donors (Lipinski definition) is 2. The summed E-state index contributed by atoms with van der Waals surface area (Å²) in [4.78, 5) is 30.1. The molecular formula is C29H33N7O2. The van der Waals surface area contributed by atoms with Gasteiger partial charge < -0.3 is 15.3 Å². The molecule has 1 aliphatic carbocycles. The van der Waals surface area contributed by atoms with Crippen LogP contribution in [0.25, 0.3) is 16.9 Å². The van der Waals surface area contributed by atoms with E-state index in [0.717, 1.165) is 44.5 Å². The first-order valence-corrected chi connectivity index (χ1v) is 13.2. The minimum absolute atomic E-state index is 0.118. The van der Waals surface area contributed by atoms with Gasteiger partial charge in [-0.2, -0.15) is 4.98 Å². The van der Waals surface area contributed by atoms with E-state index in [1.165, 1.54) is 11.1 Å². The van der Waals surface area contributed by atoms with E-state index in [1.54, 1.807) is 35.5 Å². The topological polar surface area (TPSA) is 101 Å². The fraction of sp³-hybridized carbons (Fsp3) is 0.379. The van der Waals surface area contributed by atoms with Crippen LogP contribution in [0.4, 0.5) is 11.6 Å². The molecule has 196 valence electrons. The second-order valence-electron chi connectivity index (χ2n) is 10.9. The highest BCUT2D eigenvalue weighted by molar-refractivity contribution is 5.77. The molecule has 4 heterocycles. The van der Waals surface area contributed by atoms with Crippen molar-refractivity contribution in [1.82, 2.24) is 29.2 Å². The minimum Gasteiger partial charge on any atom is -0.384 e. The number of rotatable bonds is 5. The first kappa shape index (κ1) is 24.5. The number of pyridine rings is 1. The summed E-state index contributed by atoms with van der Waals surface area (Å²) >= 11 is 0. The van der Waals surface area contributed by atoms with Gasteiger partial charge in [-0.25, -0.2) is 19.3 Å². The molecule has 1 aliphatic heterocycles. The van der Waals surface area contributed by atoms with E-state index in [-0.39, 0.29) is 11.6 Å². The minimum atomic E-state index is -1.13. The van der Waals surface area contributed by atoms with Gasteiger partial charge in [-0.3, -0.25) is 4.79 Å². The molecule has 6 rings (SSSR count). The number of anilines is 2. The van der Waals surface area contributed by atoms with E-state index >= 15 is 0 Å². The molecule has 2 aliphatic rings. The van der Waals surface area contributed by atoms with Crippen LogP contribution in [0, 0.1) is 0 Å². The van der Waals surface area contributed by atoms with Crippen LogP contribution < -0.4 is 10.9 Å². The van der Waals surface area contributed by atoms with Gasteiger partial charge in [-0.05, 0) is 82.0 Å². The number of aromatic nitrogens is 5. The molecule has 0 spiro atoms. The van der Waals surface area contributed by atoms with Crippen LogP contribution in [0.2, 0.25) is 0 Å². The Balaban J connectivity index is 1.48. The van der Waals surface area contributed by atoms with Crippen LogP contribution in [-0.4, -0.2) is 47.9 Å². The van der Waals surface area contributed by atoms with Gasteiger partial charge in [-0.15, -0.1) is 0 Å². The van der Waals surface area contributed by atoms with Crippen molar-refractivity contribution in [3.63, 3.8) is 0 Å². The van der Waals surface area contributed by atoms with Gasteiger partial charge in [0.1, 0.15) is 11.0 Å². The summed E-state index contributed by atoms with van der Waals surface area (Å²) in [6.07, 6.45) is 9.69. The average molecular weight is 512 g/mol. The zero-order valence-electron chi connectivity index (χ0n) is 22.1. The molecule has 1 unspecified atom stereocenters. The zero-order chi connectivity index (χ0) is 26.4. The second-order valence-corrected chi connectivity index (χ2v) is 10.9. The molecule has 0 saturated heterocycles. The molecule has 38 heavy (non-hydrogen) atoms.